The predicted octanol–water partition coefficient (Wildman–Crippen LogP) is 2.22. The molecule has 15 heavy (non-hydrogen) atoms. The second kappa shape index (κ2) is 4.21. The Hall–Kier alpha value is -1.71. The van der Waals surface area contributed by atoms with Gasteiger partial charge in [0.05, 0.1) is 18.5 Å². The van der Waals surface area contributed by atoms with Crippen molar-refractivity contribution >= 4 is 17.5 Å². The molecule has 0 atom stereocenters. The van der Waals surface area contributed by atoms with Crippen LogP contribution in [-0.2, 0) is 11.2 Å². The van der Waals surface area contributed by atoms with E-state index in [4.69, 9.17) is 0 Å². The van der Waals surface area contributed by atoms with Gasteiger partial charge in [-0.1, -0.05) is 12.1 Å². The van der Waals surface area contributed by atoms with Crippen molar-refractivity contribution in [3.05, 3.63) is 23.8 Å². The maximum absolute atomic E-state index is 11.1. The Morgan fingerprint density at radius 3 is 3.20 bits per heavy atom. The molecule has 1 aliphatic rings. The molecule has 0 aromatic heterocycles. The van der Waals surface area contributed by atoms with Gasteiger partial charge in [0.2, 0.25) is 0 Å². The number of methoxy groups -OCH3 is 1. The molecular formula is C11H14N2O2. The van der Waals surface area contributed by atoms with Crippen LogP contribution in [0.3, 0.4) is 0 Å². The average Bonchev–Trinajstić information content (AvgIpc) is 2.29. The number of amides is 1. The summed E-state index contributed by atoms with van der Waals surface area (Å²) in [6.07, 6.45) is 1.75. The van der Waals surface area contributed by atoms with Crippen molar-refractivity contribution in [3.63, 3.8) is 0 Å². The van der Waals surface area contributed by atoms with Gasteiger partial charge in [-0.25, -0.2) is 4.79 Å². The SMILES string of the molecule is COC(=O)Nc1cccc2c1NCCC2. The minimum atomic E-state index is -0.434. The fraction of sp³-hybridized carbons (Fsp3) is 0.364. The van der Waals surface area contributed by atoms with Crippen molar-refractivity contribution in [3.8, 4) is 0 Å². The molecule has 1 aromatic carbocycles. The zero-order chi connectivity index (χ0) is 10.7. The monoisotopic (exact) mass is 206 g/mol. The van der Waals surface area contributed by atoms with Gasteiger partial charge in [0.15, 0.2) is 0 Å². The zero-order valence-corrected chi connectivity index (χ0v) is 8.67. The first-order valence-corrected chi connectivity index (χ1v) is 5.02. The average molecular weight is 206 g/mol. The number of anilines is 2. The maximum atomic E-state index is 11.1. The van der Waals surface area contributed by atoms with Crippen molar-refractivity contribution < 1.29 is 9.53 Å². The number of ether oxygens (including phenoxy) is 1. The van der Waals surface area contributed by atoms with Gasteiger partial charge < -0.3 is 10.1 Å². The molecule has 0 saturated carbocycles. The second-order valence-corrected chi connectivity index (χ2v) is 3.49. The van der Waals surface area contributed by atoms with E-state index in [2.05, 4.69) is 21.4 Å². The number of hydrogen-bond donors (Lipinski definition) is 2. The van der Waals surface area contributed by atoms with Gasteiger partial charge in [0.1, 0.15) is 0 Å². The Morgan fingerprint density at radius 1 is 1.53 bits per heavy atom. The third-order valence-electron chi connectivity index (χ3n) is 2.50. The summed E-state index contributed by atoms with van der Waals surface area (Å²) in [5.74, 6) is 0. The maximum Gasteiger partial charge on any atom is 0.411 e. The number of fused-ring (bicyclic) bond motifs is 1. The highest BCUT2D eigenvalue weighted by Crippen LogP contribution is 2.29. The molecule has 0 aliphatic carbocycles. The van der Waals surface area contributed by atoms with Crippen LogP contribution in [0.5, 0.6) is 0 Å². The molecule has 0 bridgehead atoms. The highest BCUT2D eigenvalue weighted by atomic mass is 16.5. The smallest absolute Gasteiger partial charge is 0.411 e. The number of aryl methyl sites for hydroxylation is 1. The van der Waals surface area contributed by atoms with Crippen LogP contribution in [0.15, 0.2) is 18.2 Å². The van der Waals surface area contributed by atoms with Gasteiger partial charge in [-0.2, -0.15) is 0 Å². The van der Waals surface area contributed by atoms with Crippen molar-refractivity contribution in [2.75, 3.05) is 24.3 Å². The number of rotatable bonds is 1. The van der Waals surface area contributed by atoms with Gasteiger partial charge in [-0.15, -0.1) is 0 Å². The number of hydrogen-bond acceptors (Lipinski definition) is 3. The number of benzene rings is 1. The molecule has 0 fully saturated rings. The topological polar surface area (TPSA) is 50.4 Å². The van der Waals surface area contributed by atoms with Crippen LogP contribution in [0.2, 0.25) is 0 Å². The van der Waals surface area contributed by atoms with Crippen LogP contribution in [0.25, 0.3) is 0 Å². The Balaban J connectivity index is 2.27. The molecule has 1 aromatic rings. The standard InChI is InChI=1S/C11H14N2O2/c1-15-11(14)13-9-6-2-4-8-5-3-7-12-10(8)9/h2,4,6,12H,3,5,7H2,1H3,(H,13,14). The van der Waals surface area contributed by atoms with Crippen molar-refractivity contribution in [2.24, 2.45) is 0 Å². The van der Waals surface area contributed by atoms with E-state index in [1.54, 1.807) is 0 Å². The van der Waals surface area contributed by atoms with Crippen LogP contribution in [-0.4, -0.2) is 19.7 Å². The van der Waals surface area contributed by atoms with E-state index >= 15 is 0 Å². The van der Waals surface area contributed by atoms with Crippen LogP contribution in [0.1, 0.15) is 12.0 Å². The van der Waals surface area contributed by atoms with Gasteiger partial charge in [0.25, 0.3) is 0 Å². The van der Waals surface area contributed by atoms with Gasteiger partial charge >= 0.3 is 6.09 Å². The van der Waals surface area contributed by atoms with Crippen molar-refractivity contribution in [2.45, 2.75) is 12.8 Å². The number of nitrogens with one attached hydrogen (secondary N) is 2. The Bertz CT molecular complexity index is 377. The van der Waals surface area contributed by atoms with E-state index in [0.29, 0.717) is 0 Å². The summed E-state index contributed by atoms with van der Waals surface area (Å²) < 4.78 is 4.57. The molecule has 0 saturated heterocycles. The van der Waals surface area contributed by atoms with Gasteiger partial charge in [-0.05, 0) is 24.5 Å². The Kier molecular flexibility index (Phi) is 2.76. The Morgan fingerprint density at radius 2 is 2.40 bits per heavy atom. The molecule has 1 amide bonds. The van der Waals surface area contributed by atoms with E-state index in [9.17, 15) is 4.79 Å². The van der Waals surface area contributed by atoms with Crippen LogP contribution in [0, 0.1) is 0 Å². The quantitative estimate of drug-likeness (QED) is 0.740. The van der Waals surface area contributed by atoms with Crippen LogP contribution < -0.4 is 10.6 Å². The lowest BCUT2D eigenvalue weighted by molar-refractivity contribution is 0.187. The first kappa shape index (κ1) is 9.83. The third-order valence-corrected chi connectivity index (χ3v) is 2.50. The summed E-state index contributed by atoms with van der Waals surface area (Å²) in [5, 5.41) is 5.99. The van der Waals surface area contributed by atoms with Gasteiger partial charge in [-0.3, -0.25) is 5.32 Å². The number of carbonyl (C=O) groups excluding carboxylic acids is 1. The van der Waals surface area contributed by atoms with E-state index in [0.717, 1.165) is 30.8 Å². The molecule has 4 heteroatoms. The molecular weight excluding hydrogens is 192 g/mol. The van der Waals surface area contributed by atoms with Crippen LogP contribution >= 0.6 is 0 Å². The highest BCUT2D eigenvalue weighted by molar-refractivity contribution is 5.90. The molecule has 1 aliphatic heterocycles. The van der Waals surface area contributed by atoms with E-state index in [-0.39, 0.29) is 0 Å². The Labute approximate surface area is 88.6 Å². The summed E-state index contributed by atoms with van der Waals surface area (Å²) >= 11 is 0. The molecule has 2 N–H and O–H groups in total. The summed E-state index contributed by atoms with van der Waals surface area (Å²) in [6, 6.07) is 5.88. The summed E-state index contributed by atoms with van der Waals surface area (Å²) in [7, 11) is 1.36. The van der Waals surface area contributed by atoms with E-state index in [1.165, 1.54) is 12.7 Å². The van der Waals surface area contributed by atoms with Crippen molar-refractivity contribution in [1.82, 2.24) is 0 Å². The lowest BCUT2D eigenvalue weighted by atomic mass is 10.0. The highest BCUT2D eigenvalue weighted by Gasteiger charge is 2.13. The van der Waals surface area contributed by atoms with Crippen molar-refractivity contribution in [1.29, 1.82) is 0 Å². The fourth-order valence-electron chi connectivity index (χ4n) is 1.77. The second-order valence-electron chi connectivity index (χ2n) is 3.49. The molecule has 80 valence electrons. The lowest BCUT2D eigenvalue weighted by Gasteiger charge is -2.20. The molecule has 4 nitrogen and oxygen atoms in total. The van der Waals surface area contributed by atoms with Gasteiger partial charge in [0, 0.05) is 6.54 Å². The lowest BCUT2D eigenvalue weighted by Crippen LogP contribution is -2.17. The molecule has 0 unspecified atom stereocenters. The minimum absolute atomic E-state index is 0.434. The summed E-state index contributed by atoms with van der Waals surface area (Å²) in [6.45, 7) is 0.951. The zero-order valence-electron chi connectivity index (χ0n) is 8.67. The summed E-state index contributed by atoms with van der Waals surface area (Å²) in [4.78, 5) is 11.1. The first-order valence-electron chi connectivity index (χ1n) is 5.02. The molecule has 1 heterocycles. The third kappa shape index (κ3) is 2.03. The number of carbonyl (C=O) groups is 1. The van der Waals surface area contributed by atoms with E-state index in [1.807, 2.05) is 12.1 Å². The molecule has 0 spiro atoms. The normalized spacial score (nSPS) is 13.7. The van der Waals surface area contributed by atoms with Crippen LogP contribution in [0.4, 0.5) is 16.2 Å². The van der Waals surface area contributed by atoms with E-state index < -0.39 is 6.09 Å². The number of para-hydroxylation sites is 1. The predicted molar refractivity (Wildman–Crippen MR) is 59.3 cm³/mol. The first-order chi connectivity index (χ1) is 7.31. The summed E-state index contributed by atoms with van der Waals surface area (Å²) in [5.41, 5.74) is 3.06. The minimum Gasteiger partial charge on any atom is -0.453 e. The fourth-order valence-corrected chi connectivity index (χ4v) is 1.77. The molecule has 0 radical (unpaired) electrons. The largest absolute Gasteiger partial charge is 0.453 e. The molecule has 2 rings (SSSR count).